The SMILES string of the molecule is C=Cc1cc(C)c(C)c(C)c1O[SiH3]. The second kappa shape index (κ2) is 3.79. The molecule has 1 rings (SSSR count). The van der Waals surface area contributed by atoms with Gasteiger partial charge in [0.2, 0.25) is 10.5 Å². The topological polar surface area (TPSA) is 9.23 Å². The van der Waals surface area contributed by atoms with Crippen molar-refractivity contribution in [2.45, 2.75) is 20.8 Å². The summed E-state index contributed by atoms with van der Waals surface area (Å²) in [6.45, 7) is 10.1. The van der Waals surface area contributed by atoms with Crippen LogP contribution in [-0.2, 0) is 0 Å². The molecule has 0 radical (unpaired) electrons. The molecule has 0 saturated carbocycles. The first-order chi connectivity index (χ1) is 6.11. The van der Waals surface area contributed by atoms with Crippen molar-refractivity contribution in [3.05, 3.63) is 34.9 Å². The van der Waals surface area contributed by atoms with Crippen molar-refractivity contribution in [2.75, 3.05) is 0 Å². The molecule has 0 atom stereocenters. The molecule has 13 heavy (non-hydrogen) atoms. The Balaban J connectivity index is 3.47. The summed E-state index contributed by atoms with van der Waals surface area (Å²) in [5.74, 6) is 1.00. The van der Waals surface area contributed by atoms with Gasteiger partial charge in [-0.2, -0.15) is 0 Å². The Labute approximate surface area is 83.0 Å². The van der Waals surface area contributed by atoms with E-state index in [1.165, 1.54) is 16.7 Å². The lowest BCUT2D eigenvalue weighted by Crippen LogP contribution is -1.96. The molecule has 0 aliphatic carbocycles. The fourth-order valence-electron chi connectivity index (χ4n) is 1.51. The summed E-state index contributed by atoms with van der Waals surface area (Å²) in [7, 11) is 0.726. The van der Waals surface area contributed by atoms with Crippen LogP contribution in [0.15, 0.2) is 12.6 Å². The third kappa shape index (κ3) is 1.68. The van der Waals surface area contributed by atoms with E-state index in [1.54, 1.807) is 0 Å². The quantitative estimate of drug-likeness (QED) is 0.650. The molecule has 2 heteroatoms. The zero-order valence-corrected chi connectivity index (χ0v) is 10.8. The van der Waals surface area contributed by atoms with E-state index in [0.29, 0.717) is 0 Å². The monoisotopic (exact) mass is 192 g/mol. The number of hydrogen-bond acceptors (Lipinski definition) is 1. The Bertz CT molecular complexity index is 342. The first-order valence-corrected chi connectivity index (χ1v) is 5.20. The van der Waals surface area contributed by atoms with Gasteiger partial charge in [0.1, 0.15) is 5.75 Å². The van der Waals surface area contributed by atoms with Crippen LogP contribution in [0.25, 0.3) is 6.08 Å². The van der Waals surface area contributed by atoms with Gasteiger partial charge in [0.25, 0.3) is 0 Å². The number of rotatable bonds is 2. The molecule has 0 bridgehead atoms. The normalized spacial score (nSPS) is 10.1. The lowest BCUT2D eigenvalue weighted by molar-refractivity contribution is 0.607. The molecule has 0 unspecified atom stereocenters. The molecule has 70 valence electrons. The van der Waals surface area contributed by atoms with Crippen molar-refractivity contribution in [1.29, 1.82) is 0 Å². The summed E-state index contributed by atoms with van der Waals surface area (Å²) in [6, 6.07) is 2.13. The molecule has 0 aliphatic rings. The highest BCUT2D eigenvalue weighted by Gasteiger charge is 2.07. The largest absolute Gasteiger partial charge is 0.553 e. The van der Waals surface area contributed by atoms with Crippen LogP contribution in [0.1, 0.15) is 22.3 Å². The molecule has 0 aromatic heterocycles. The minimum atomic E-state index is 0.726. The molecular weight excluding hydrogens is 176 g/mol. The zero-order chi connectivity index (χ0) is 10.0. The summed E-state index contributed by atoms with van der Waals surface area (Å²) >= 11 is 0. The fraction of sp³-hybridized carbons (Fsp3) is 0.273. The minimum Gasteiger partial charge on any atom is -0.553 e. The van der Waals surface area contributed by atoms with Gasteiger partial charge in [-0.3, -0.25) is 0 Å². The van der Waals surface area contributed by atoms with Gasteiger partial charge in [-0.1, -0.05) is 12.7 Å². The predicted octanol–water partition coefficient (Wildman–Crippen LogP) is 1.91. The van der Waals surface area contributed by atoms with Gasteiger partial charge >= 0.3 is 0 Å². The molecule has 0 amide bonds. The maximum Gasteiger partial charge on any atom is 0.204 e. The summed E-state index contributed by atoms with van der Waals surface area (Å²) in [6.07, 6.45) is 1.85. The highest BCUT2D eigenvalue weighted by molar-refractivity contribution is 6.00. The third-order valence-electron chi connectivity index (χ3n) is 2.55. The predicted molar refractivity (Wildman–Crippen MR) is 61.3 cm³/mol. The van der Waals surface area contributed by atoms with Crippen LogP contribution in [0.5, 0.6) is 5.75 Å². The third-order valence-corrected chi connectivity index (χ3v) is 2.96. The molecule has 0 fully saturated rings. The van der Waals surface area contributed by atoms with Crippen LogP contribution < -0.4 is 4.43 Å². The first kappa shape index (κ1) is 10.1. The molecular formula is C11H16OSi. The van der Waals surface area contributed by atoms with Gasteiger partial charge in [0.05, 0.1) is 0 Å². The second-order valence-corrected chi connectivity index (χ2v) is 3.68. The fourth-order valence-corrected chi connectivity index (χ4v) is 2.05. The highest BCUT2D eigenvalue weighted by atomic mass is 28.2. The van der Waals surface area contributed by atoms with Crippen LogP contribution in [0.3, 0.4) is 0 Å². The van der Waals surface area contributed by atoms with E-state index in [9.17, 15) is 0 Å². The maximum absolute atomic E-state index is 5.47. The molecule has 0 N–H and O–H groups in total. The lowest BCUT2D eigenvalue weighted by atomic mass is 9.99. The Morgan fingerprint density at radius 3 is 2.38 bits per heavy atom. The van der Waals surface area contributed by atoms with Crippen LogP contribution >= 0.6 is 0 Å². The standard InChI is InChI=1S/C11H16OSi/c1-5-10-6-7(2)8(3)9(4)11(10)12-13/h5-6H,1H2,2-4,13H3. The van der Waals surface area contributed by atoms with Gasteiger partial charge in [0, 0.05) is 5.56 Å². The first-order valence-electron chi connectivity index (χ1n) is 4.39. The van der Waals surface area contributed by atoms with E-state index in [1.807, 2.05) is 6.08 Å². The van der Waals surface area contributed by atoms with Crippen LogP contribution in [0.2, 0.25) is 0 Å². The minimum absolute atomic E-state index is 0.726. The number of benzene rings is 1. The number of hydrogen-bond donors (Lipinski definition) is 0. The molecule has 0 spiro atoms. The van der Waals surface area contributed by atoms with E-state index in [2.05, 4.69) is 33.4 Å². The molecule has 0 heterocycles. The summed E-state index contributed by atoms with van der Waals surface area (Å²) < 4.78 is 5.47. The molecule has 1 aromatic rings. The van der Waals surface area contributed by atoms with Gasteiger partial charge in [0.15, 0.2) is 0 Å². The molecule has 1 aromatic carbocycles. The summed E-state index contributed by atoms with van der Waals surface area (Å²) in [4.78, 5) is 0. The van der Waals surface area contributed by atoms with Gasteiger partial charge in [-0.25, -0.2) is 0 Å². The highest BCUT2D eigenvalue weighted by Crippen LogP contribution is 2.29. The second-order valence-electron chi connectivity index (χ2n) is 3.27. The Hall–Kier alpha value is -1.02. The Kier molecular flexibility index (Phi) is 2.93. The van der Waals surface area contributed by atoms with Crippen molar-refractivity contribution < 1.29 is 4.43 Å². The molecule has 1 nitrogen and oxygen atoms in total. The van der Waals surface area contributed by atoms with Crippen molar-refractivity contribution in [2.24, 2.45) is 0 Å². The van der Waals surface area contributed by atoms with E-state index >= 15 is 0 Å². The van der Waals surface area contributed by atoms with E-state index in [0.717, 1.165) is 21.8 Å². The van der Waals surface area contributed by atoms with Crippen LogP contribution in [0, 0.1) is 20.8 Å². The van der Waals surface area contributed by atoms with E-state index < -0.39 is 0 Å². The summed E-state index contributed by atoms with van der Waals surface area (Å²) in [5.41, 5.74) is 4.96. The Morgan fingerprint density at radius 1 is 1.31 bits per heavy atom. The van der Waals surface area contributed by atoms with E-state index in [4.69, 9.17) is 4.43 Å². The van der Waals surface area contributed by atoms with E-state index in [-0.39, 0.29) is 0 Å². The number of aryl methyl sites for hydroxylation is 1. The van der Waals surface area contributed by atoms with Gasteiger partial charge in [-0.05, 0) is 43.5 Å². The zero-order valence-electron chi connectivity index (χ0n) is 8.77. The molecule has 0 saturated heterocycles. The molecule has 0 aliphatic heterocycles. The summed E-state index contributed by atoms with van der Waals surface area (Å²) in [5, 5.41) is 0. The van der Waals surface area contributed by atoms with Crippen molar-refractivity contribution in [3.63, 3.8) is 0 Å². The van der Waals surface area contributed by atoms with Gasteiger partial charge in [-0.15, -0.1) is 0 Å². The Morgan fingerprint density at radius 2 is 1.92 bits per heavy atom. The van der Waals surface area contributed by atoms with Crippen LogP contribution in [0.4, 0.5) is 0 Å². The lowest BCUT2D eigenvalue weighted by Gasteiger charge is -2.14. The van der Waals surface area contributed by atoms with Crippen molar-refractivity contribution in [1.82, 2.24) is 0 Å². The van der Waals surface area contributed by atoms with Crippen LogP contribution in [-0.4, -0.2) is 10.5 Å². The average molecular weight is 192 g/mol. The average Bonchev–Trinajstić information content (AvgIpc) is 2.13. The van der Waals surface area contributed by atoms with Crippen molar-refractivity contribution in [3.8, 4) is 5.75 Å². The smallest absolute Gasteiger partial charge is 0.204 e. The van der Waals surface area contributed by atoms with Crippen molar-refractivity contribution >= 4 is 16.6 Å². The maximum atomic E-state index is 5.47. The van der Waals surface area contributed by atoms with Gasteiger partial charge < -0.3 is 4.43 Å².